The second kappa shape index (κ2) is 50.1. The molecule has 0 aromatic heterocycles. The van der Waals surface area contributed by atoms with Crippen molar-refractivity contribution in [3.63, 3.8) is 0 Å². The summed E-state index contributed by atoms with van der Waals surface area (Å²) in [6.45, 7) is 42.5. The summed E-state index contributed by atoms with van der Waals surface area (Å²) in [6.07, 6.45) is 24.9. The highest BCUT2D eigenvalue weighted by molar-refractivity contribution is 5.88. The van der Waals surface area contributed by atoms with Crippen LogP contribution in [0.3, 0.4) is 0 Å². The second-order valence-electron chi connectivity index (χ2n) is 17.6. The lowest BCUT2D eigenvalue weighted by atomic mass is 10.0. The molecule has 0 saturated heterocycles. The topological polar surface area (TPSA) is 142 Å². The van der Waals surface area contributed by atoms with Crippen molar-refractivity contribution in [3.05, 3.63) is 60.8 Å². The maximum absolute atomic E-state index is 11.1. The molecule has 374 valence electrons. The van der Waals surface area contributed by atoms with Crippen molar-refractivity contribution in [2.75, 3.05) is 26.4 Å². The molecule has 0 aliphatic rings. The van der Waals surface area contributed by atoms with Gasteiger partial charge >= 0.3 is 29.8 Å². The highest BCUT2D eigenvalue weighted by Crippen LogP contribution is 2.14. The van der Waals surface area contributed by atoms with Crippen molar-refractivity contribution in [2.24, 2.45) is 17.8 Å². The van der Waals surface area contributed by atoms with Gasteiger partial charge in [0.15, 0.2) is 0 Å². The number of unbranched alkanes of at least 4 members (excludes halogenated alkanes) is 14. The number of carbonyl (C=O) groups excluding carboxylic acids is 4. The monoisotopic (exact) mass is 907 g/mol. The number of carboxylic acid groups (broad SMARTS) is 1. The van der Waals surface area contributed by atoms with Gasteiger partial charge in [0.2, 0.25) is 0 Å². The molecule has 0 aromatic rings. The number of hydrogen-bond acceptors (Lipinski definition) is 9. The van der Waals surface area contributed by atoms with Crippen LogP contribution in [-0.4, -0.2) is 61.4 Å². The van der Waals surface area contributed by atoms with Crippen LogP contribution in [-0.2, 0) is 42.9 Å². The first-order valence-corrected chi connectivity index (χ1v) is 24.2. The van der Waals surface area contributed by atoms with Crippen LogP contribution < -0.4 is 0 Å². The van der Waals surface area contributed by atoms with Gasteiger partial charge in [0.1, 0.15) is 0 Å². The number of ether oxygens (including phenoxy) is 4. The summed E-state index contributed by atoms with van der Waals surface area (Å²) in [6, 6.07) is 0. The van der Waals surface area contributed by atoms with Crippen LogP contribution in [0.1, 0.15) is 212 Å². The van der Waals surface area contributed by atoms with Crippen LogP contribution in [0.2, 0.25) is 0 Å². The van der Waals surface area contributed by atoms with Gasteiger partial charge in [-0.1, -0.05) is 191 Å². The van der Waals surface area contributed by atoms with E-state index >= 15 is 0 Å². The molecule has 0 spiro atoms. The van der Waals surface area contributed by atoms with E-state index in [-0.39, 0.29) is 29.5 Å². The van der Waals surface area contributed by atoms with Crippen LogP contribution in [0.4, 0.5) is 0 Å². The lowest BCUT2D eigenvalue weighted by Crippen LogP contribution is -2.14. The van der Waals surface area contributed by atoms with E-state index in [1.807, 2.05) is 13.8 Å². The smallest absolute Gasteiger partial charge is 0.333 e. The zero-order chi connectivity index (χ0) is 50.3. The van der Waals surface area contributed by atoms with E-state index in [0.717, 1.165) is 38.0 Å². The first-order chi connectivity index (χ1) is 30.0. The van der Waals surface area contributed by atoms with E-state index in [4.69, 9.17) is 24.1 Å². The summed E-state index contributed by atoms with van der Waals surface area (Å²) in [7, 11) is 0. The highest BCUT2D eigenvalue weighted by atomic mass is 16.5. The molecule has 0 aliphatic carbocycles. The Morgan fingerprint density at radius 3 is 1.02 bits per heavy atom. The second-order valence-corrected chi connectivity index (χ2v) is 17.6. The van der Waals surface area contributed by atoms with Crippen molar-refractivity contribution in [2.45, 2.75) is 212 Å². The molecule has 0 bridgehead atoms. The summed E-state index contributed by atoms with van der Waals surface area (Å²) < 4.78 is 20.0. The molecule has 0 amide bonds. The predicted octanol–water partition coefficient (Wildman–Crippen LogP) is 14.9. The van der Waals surface area contributed by atoms with Gasteiger partial charge in [-0.3, -0.25) is 0 Å². The van der Waals surface area contributed by atoms with E-state index in [1.54, 1.807) is 27.7 Å². The Bertz CT molecular complexity index is 1260. The Labute approximate surface area is 393 Å². The molecule has 0 heterocycles. The number of carbonyl (C=O) groups is 5. The fourth-order valence-corrected chi connectivity index (χ4v) is 4.93. The molecular weight excluding hydrogens is 809 g/mol. The van der Waals surface area contributed by atoms with E-state index < -0.39 is 5.97 Å². The largest absolute Gasteiger partial charge is 0.478 e. The van der Waals surface area contributed by atoms with E-state index in [0.29, 0.717) is 60.6 Å². The van der Waals surface area contributed by atoms with Crippen molar-refractivity contribution < 1.29 is 48.0 Å². The van der Waals surface area contributed by atoms with Gasteiger partial charge in [-0.05, 0) is 71.6 Å². The first-order valence-electron chi connectivity index (χ1n) is 24.2. The Morgan fingerprint density at radius 2 is 0.719 bits per heavy atom. The SMILES string of the molecule is C=C(C)C(=O)O.C=C(C)C(=O)OCC(C)C.C=C(C)C(=O)OCC(CC)CCCC.C=C(C)C(=O)OCCCCCCCC(C)C.C=C(C)C(=O)OCCCCCCCCCCCC. The average Bonchev–Trinajstić information content (AvgIpc) is 3.23. The fraction of sp³-hybridized carbons (Fsp3) is 0.722. The van der Waals surface area contributed by atoms with Gasteiger partial charge in [-0.2, -0.15) is 0 Å². The number of rotatable bonds is 32. The lowest BCUT2D eigenvalue weighted by molar-refractivity contribution is -0.141. The number of esters is 4. The molecule has 0 saturated carbocycles. The van der Waals surface area contributed by atoms with Gasteiger partial charge in [0.05, 0.1) is 26.4 Å². The average molecular weight is 907 g/mol. The molecule has 0 radical (unpaired) electrons. The van der Waals surface area contributed by atoms with Gasteiger partial charge in [0, 0.05) is 27.9 Å². The summed E-state index contributed by atoms with van der Waals surface area (Å²) in [5, 5.41) is 7.89. The summed E-state index contributed by atoms with van der Waals surface area (Å²) in [5.74, 6) is -0.299. The van der Waals surface area contributed by atoms with Crippen LogP contribution in [0.5, 0.6) is 0 Å². The third-order valence-electron chi connectivity index (χ3n) is 9.19. The van der Waals surface area contributed by atoms with Crippen LogP contribution >= 0.6 is 0 Å². The molecule has 64 heavy (non-hydrogen) atoms. The maximum atomic E-state index is 11.1. The minimum absolute atomic E-state index is 0.176. The molecular formula is C54H98O10. The van der Waals surface area contributed by atoms with Crippen LogP contribution in [0, 0.1) is 17.8 Å². The van der Waals surface area contributed by atoms with E-state index in [1.165, 1.54) is 103 Å². The lowest BCUT2D eigenvalue weighted by Gasteiger charge is -2.14. The first kappa shape index (κ1) is 69.1. The standard InChI is InChI=1S/C16H30O2.C14H26O2.C12H22O2.C8H14O2.C4H6O2/c1-4-5-6-7-8-9-10-11-12-13-14-18-16(17)15(2)3;1-12(2)10-8-6-5-7-9-11-16-14(15)13(3)4;1-5-7-8-11(6-2)9-14-12(13)10(3)4;1-6(2)5-10-8(9)7(3)4;1-3(2)4(5)6/h2,4-14H2,1,3H3;12H,3,5-11H2,1-2,4H3;11H,3,5-9H2,1-2,4H3;6H,3,5H2,1-2,4H3;1H2,2H3,(H,5,6). The summed E-state index contributed by atoms with van der Waals surface area (Å²) in [5.41, 5.74) is 2.09. The van der Waals surface area contributed by atoms with Gasteiger partial charge < -0.3 is 24.1 Å². The molecule has 0 aromatic carbocycles. The highest BCUT2D eigenvalue weighted by Gasteiger charge is 2.10. The molecule has 0 fully saturated rings. The molecule has 1 N–H and O–H groups in total. The number of carboxylic acids is 1. The van der Waals surface area contributed by atoms with Crippen molar-refractivity contribution in [3.8, 4) is 0 Å². The maximum Gasteiger partial charge on any atom is 0.333 e. The Balaban J connectivity index is -0.000000235. The van der Waals surface area contributed by atoms with Crippen molar-refractivity contribution in [1.82, 2.24) is 0 Å². The summed E-state index contributed by atoms with van der Waals surface area (Å²) >= 11 is 0. The number of aliphatic carboxylic acids is 1. The minimum atomic E-state index is -0.935. The van der Waals surface area contributed by atoms with Crippen LogP contribution in [0.15, 0.2) is 60.8 Å². The molecule has 1 unspecified atom stereocenters. The van der Waals surface area contributed by atoms with Crippen LogP contribution in [0.25, 0.3) is 0 Å². The van der Waals surface area contributed by atoms with E-state index in [2.05, 4.69) is 67.5 Å². The Kier molecular flexibility index (Phi) is 54.0. The van der Waals surface area contributed by atoms with Crippen molar-refractivity contribution >= 4 is 29.8 Å². The Morgan fingerprint density at radius 1 is 0.406 bits per heavy atom. The molecule has 1 atom stereocenters. The molecule has 10 heteroatoms. The molecule has 10 nitrogen and oxygen atoms in total. The van der Waals surface area contributed by atoms with Gasteiger partial charge in [0.25, 0.3) is 0 Å². The summed E-state index contributed by atoms with van der Waals surface area (Å²) in [4.78, 5) is 53.6. The predicted molar refractivity (Wildman–Crippen MR) is 268 cm³/mol. The third-order valence-corrected chi connectivity index (χ3v) is 9.19. The third kappa shape index (κ3) is 60.1. The minimum Gasteiger partial charge on any atom is -0.478 e. The number of hydrogen-bond donors (Lipinski definition) is 1. The zero-order valence-electron chi connectivity index (χ0n) is 43.4. The Hall–Kier alpha value is -3.95. The van der Waals surface area contributed by atoms with Crippen molar-refractivity contribution in [1.29, 1.82) is 0 Å². The fourth-order valence-electron chi connectivity index (χ4n) is 4.93. The van der Waals surface area contributed by atoms with Gasteiger partial charge in [-0.25, -0.2) is 24.0 Å². The molecule has 0 aliphatic heterocycles. The quantitative estimate of drug-likeness (QED) is 0.0300. The van der Waals surface area contributed by atoms with E-state index in [9.17, 15) is 24.0 Å². The zero-order valence-corrected chi connectivity index (χ0v) is 43.4. The molecule has 0 rings (SSSR count). The normalized spacial score (nSPS) is 10.4. The van der Waals surface area contributed by atoms with Gasteiger partial charge in [-0.15, -0.1) is 0 Å².